The van der Waals surface area contributed by atoms with Gasteiger partial charge in [0.25, 0.3) is 0 Å². The summed E-state index contributed by atoms with van der Waals surface area (Å²) in [5.41, 5.74) is 4.14. The van der Waals surface area contributed by atoms with Crippen LogP contribution in [-0.2, 0) is 9.63 Å². The average Bonchev–Trinajstić information content (AvgIpc) is 3.41. The fourth-order valence-corrected chi connectivity index (χ4v) is 4.02. The molecule has 1 aliphatic rings. The molecule has 0 bridgehead atoms. The molecule has 0 saturated carbocycles. The van der Waals surface area contributed by atoms with Gasteiger partial charge in [-0.25, -0.2) is 19.6 Å². The molecule has 0 atom stereocenters. The fourth-order valence-electron chi connectivity index (χ4n) is 3.00. The summed E-state index contributed by atoms with van der Waals surface area (Å²) in [7, 11) is 0. The molecule has 3 heterocycles. The van der Waals surface area contributed by atoms with Gasteiger partial charge in [0, 0.05) is 15.2 Å². The Balaban J connectivity index is 1.41. The number of rotatable bonds is 4. The molecular weight excluding hydrogens is 498 g/mol. The third-order valence-corrected chi connectivity index (χ3v) is 5.70. The molecule has 32 heavy (non-hydrogen) atoms. The van der Waals surface area contributed by atoms with Crippen LogP contribution in [-0.4, -0.2) is 11.0 Å². The highest BCUT2D eigenvalue weighted by Gasteiger charge is 2.29. The van der Waals surface area contributed by atoms with Crippen LogP contribution in [0, 0.1) is 0 Å². The van der Waals surface area contributed by atoms with Crippen molar-refractivity contribution in [3.8, 4) is 11.3 Å². The summed E-state index contributed by atoms with van der Waals surface area (Å²) >= 11 is 4.61. The maximum Gasteiger partial charge on any atom is 0.378 e. The zero-order valence-corrected chi connectivity index (χ0v) is 18.5. The van der Waals surface area contributed by atoms with E-state index in [9.17, 15) is 9.59 Å². The van der Waals surface area contributed by atoms with Crippen LogP contribution in [0.25, 0.3) is 22.2 Å². The summed E-state index contributed by atoms with van der Waals surface area (Å²) in [5, 5.41) is 12.2. The number of hydrogen-bond acceptors (Lipinski definition) is 10. The van der Waals surface area contributed by atoms with Gasteiger partial charge in [-0.1, -0.05) is 39.7 Å². The zero-order valence-electron chi connectivity index (χ0n) is 16.1. The predicted octanol–water partition coefficient (Wildman–Crippen LogP) is 5.09. The lowest BCUT2D eigenvalue weighted by Gasteiger charge is -2.14. The SMILES string of the molecule is O=C1ONN(c2ccccc2)C1=CN=Nc1nc(-c2cc3cc(Br)ccc3oc2=O)cs1. The van der Waals surface area contributed by atoms with Crippen molar-refractivity contribution < 1.29 is 14.0 Å². The van der Waals surface area contributed by atoms with E-state index in [-0.39, 0.29) is 5.70 Å². The van der Waals surface area contributed by atoms with E-state index < -0.39 is 11.6 Å². The highest BCUT2D eigenvalue weighted by atomic mass is 79.9. The van der Waals surface area contributed by atoms with Crippen LogP contribution in [0.4, 0.5) is 10.8 Å². The van der Waals surface area contributed by atoms with E-state index >= 15 is 0 Å². The van der Waals surface area contributed by atoms with Crippen molar-refractivity contribution in [1.82, 2.24) is 10.6 Å². The molecule has 11 heteroatoms. The van der Waals surface area contributed by atoms with Crippen molar-refractivity contribution in [2.24, 2.45) is 10.2 Å². The van der Waals surface area contributed by atoms with Crippen LogP contribution in [0.3, 0.4) is 0 Å². The highest BCUT2D eigenvalue weighted by molar-refractivity contribution is 9.10. The largest absolute Gasteiger partial charge is 0.422 e. The van der Waals surface area contributed by atoms with Crippen LogP contribution in [0.5, 0.6) is 0 Å². The molecule has 4 aromatic rings. The molecule has 1 N–H and O–H groups in total. The summed E-state index contributed by atoms with van der Waals surface area (Å²) < 4.78 is 6.26. The smallest absolute Gasteiger partial charge is 0.378 e. The van der Waals surface area contributed by atoms with Gasteiger partial charge in [-0.3, -0.25) is 0 Å². The first-order valence-electron chi connectivity index (χ1n) is 9.21. The average molecular weight is 510 g/mol. The molecule has 1 fully saturated rings. The Hall–Kier alpha value is -3.67. The molecule has 5 rings (SSSR count). The number of halogens is 1. The molecule has 9 nitrogen and oxygen atoms in total. The van der Waals surface area contributed by atoms with Crippen LogP contribution >= 0.6 is 27.3 Å². The number of hydrazine groups is 1. The Morgan fingerprint density at radius 1 is 1.12 bits per heavy atom. The van der Waals surface area contributed by atoms with Crippen molar-refractivity contribution >= 4 is 55.0 Å². The summed E-state index contributed by atoms with van der Waals surface area (Å²) in [6, 6.07) is 16.2. The van der Waals surface area contributed by atoms with Gasteiger partial charge in [0.05, 0.1) is 23.1 Å². The first-order chi connectivity index (χ1) is 15.6. The number of aromatic nitrogens is 1. The minimum absolute atomic E-state index is 0.164. The van der Waals surface area contributed by atoms with E-state index in [0.717, 1.165) is 9.86 Å². The first kappa shape index (κ1) is 20.2. The normalized spacial score (nSPS) is 15.2. The molecule has 0 unspecified atom stereocenters. The van der Waals surface area contributed by atoms with Gasteiger partial charge in [0.2, 0.25) is 5.13 Å². The van der Waals surface area contributed by atoms with Gasteiger partial charge in [-0.2, -0.15) is 5.11 Å². The van der Waals surface area contributed by atoms with E-state index in [1.54, 1.807) is 35.7 Å². The summed E-state index contributed by atoms with van der Waals surface area (Å²) in [6.07, 6.45) is 1.28. The third kappa shape index (κ3) is 3.96. The maximum absolute atomic E-state index is 12.4. The van der Waals surface area contributed by atoms with Gasteiger partial charge in [-0.05, 0) is 36.4 Å². The number of hydrogen-bond donors (Lipinski definition) is 1. The van der Waals surface area contributed by atoms with Crippen LogP contribution in [0.2, 0.25) is 0 Å². The Labute approximate surface area is 192 Å². The van der Waals surface area contributed by atoms with Gasteiger partial charge >= 0.3 is 11.6 Å². The Morgan fingerprint density at radius 3 is 2.81 bits per heavy atom. The van der Waals surface area contributed by atoms with E-state index in [0.29, 0.717) is 27.7 Å². The maximum atomic E-state index is 12.4. The second kappa shape index (κ2) is 8.46. The summed E-state index contributed by atoms with van der Waals surface area (Å²) in [5.74, 6) is -0.590. The molecule has 2 aromatic heterocycles. The Bertz CT molecular complexity index is 1450. The van der Waals surface area contributed by atoms with Crippen molar-refractivity contribution in [2.75, 3.05) is 5.01 Å². The monoisotopic (exact) mass is 509 g/mol. The first-order valence-corrected chi connectivity index (χ1v) is 10.9. The fraction of sp³-hybridized carbons (Fsp3) is 0. The van der Waals surface area contributed by atoms with Crippen LogP contribution < -0.4 is 16.2 Å². The van der Waals surface area contributed by atoms with E-state index in [4.69, 9.17) is 9.25 Å². The van der Waals surface area contributed by atoms with E-state index in [1.165, 1.54) is 22.5 Å². The van der Waals surface area contributed by atoms with Crippen molar-refractivity contribution in [2.45, 2.75) is 0 Å². The van der Waals surface area contributed by atoms with Gasteiger partial charge < -0.3 is 9.25 Å². The molecule has 0 aliphatic carbocycles. The molecular formula is C21H12BrN5O4S. The number of anilines is 1. The topological polar surface area (TPSA) is 109 Å². The Kier molecular flexibility index (Phi) is 5.35. The van der Waals surface area contributed by atoms with Crippen molar-refractivity contribution in [3.63, 3.8) is 0 Å². The number of benzene rings is 2. The predicted molar refractivity (Wildman–Crippen MR) is 122 cm³/mol. The number of para-hydroxylation sites is 1. The van der Waals surface area contributed by atoms with E-state index in [2.05, 4.69) is 36.7 Å². The number of nitrogens with one attached hydrogen (secondary N) is 1. The minimum Gasteiger partial charge on any atom is -0.422 e. The third-order valence-electron chi connectivity index (χ3n) is 4.48. The van der Waals surface area contributed by atoms with Crippen molar-refractivity contribution in [1.29, 1.82) is 0 Å². The number of fused-ring (bicyclic) bond motifs is 1. The van der Waals surface area contributed by atoms with Gasteiger partial charge in [0.1, 0.15) is 5.58 Å². The second-order valence-electron chi connectivity index (χ2n) is 6.53. The number of carbonyl (C=O) groups excluding carboxylic acids is 1. The lowest BCUT2D eigenvalue weighted by atomic mass is 10.1. The Morgan fingerprint density at radius 2 is 1.97 bits per heavy atom. The molecule has 2 aromatic carbocycles. The molecule has 158 valence electrons. The number of nitrogens with zero attached hydrogens (tertiary/aromatic N) is 4. The second-order valence-corrected chi connectivity index (χ2v) is 8.28. The lowest BCUT2D eigenvalue weighted by Crippen LogP contribution is -2.28. The number of carbonyl (C=O) groups is 1. The summed E-state index contributed by atoms with van der Waals surface area (Å²) in [6.45, 7) is 0. The quantitative estimate of drug-likeness (QED) is 0.232. The number of thiazole rings is 1. The molecule has 1 saturated heterocycles. The molecule has 0 radical (unpaired) electrons. The lowest BCUT2D eigenvalue weighted by molar-refractivity contribution is -0.140. The number of azo groups is 1. The molecule has 1 aliphatic heterocycles. The van der Waals surface area contributed by atoms with E-state index in [1.807, 2.05) is 24.3 Å². The van der Waals surface area contributed by atoms with Gasteiger partial charge in [-0.15, -0.1) is 16.5 Å². The van der Waals surface area contributed by atoms with Crippen LogP contribution in [0.1, 0.15) is 0 Å². The molecule has 0 spiro atoms. The highest BCUT2D eigenvalue weighted by Crippen LogP contribution is 2.28. The standard InChI is InChI=1S/C21H12BrN5O4S/c22-13-6-7-18-12(8-13)9-15(19(28)30-18)16-11-32-21(24-16)25-23-10-17-20(29)31-26-27(17)14-4-2-1-3-5-14/h1-11,26H. The van der Waals surface area contributed by atoms with Crippen LogP contribution in [0.15, 0.2) is 95.8 Å². The van der Waals surface area contributed by atoms with Gasteiger partial charge in [0.15, 0.2) is 5.70 Å². The minimum atomic E-state index is -0.590. The zero-order chi connectivity index (χ0) is 22.1. The summed E-state index contributed by atoms with van der Waals surface area (Å²) in [4.78, 5) is 33.6. The molecule has 0 amide bonds. The van der Waals surface area contributed by atoms with Crippen molar-refractivity contribution in [3.05, 3.63) is 86.8 Å².